The Bertz CT molecular complexity index is 988. The van der Waals surface area contributed by atoms with Crippen molar-refractivity contribution in [2.45, 2.75) is 43.9 Å². The summed E-state index contributed by atoms with van der Waals surface area (Å²) in [5.41, 5.74) is 1.77. The van der Waals surface area contributed by atoms with Gasteiger partial charge in [-0.15, -0.1) is 0 Å². The quantitative estimate of drug-likeness (QED) is 0.211. The molecule has 0 aliphatic carbocycles. The van der Waals surface area contributed by atoms with Crippen LogP contribution in [0.2, 0.25) is 0 Å². The van der Waals surface area contributed by atoms with E-state index in [0.717, 1.165) is 30.2 Å². The minimum atomic E-state index is -0.709. The van der Waals surface area contributed by atoms with Gasteiger partial charge in [-0.2, -0.15) is 10.2 Å². The number of hydrazone groups is 1. The monoisotopic (exact) mass is 435 g/mol. The topological polar surface area (TPSA) is 139 Å². The largest absolute Gasteiger partial charge is 0.490 e. The molecule has 0 radical (unpaired) electrons. The second kappa shape index (κ2) is 11.8. The van der Waals surface area contributed by atoms with Crippen LogP contribution in [0.5, 0.6) is 11.5 Å². The van der Waals surface area contributed by atoms with Crippen LogP contribution >= 0.6 is 11.8 Å². The van der Waals surface area contributed by atoms with Crippen molar-refractivity contribution >= 4 is 23.9 Å². The fourth-order valence-electron chi connectivity index (χ4n) is 2.22. The van der Waals surface area contributed by atoms with Crippen molar-refractivity contribution in [3.63, 3.8) is 0 Å². The zero-order valence-electron chi connectivity index (χ0n) is 17.1. The Balaban J connectivity index is 1.97. The Kier molecular flexibility index (Phi) is 9.13. The van der Waals surface area contributed by atoms with E-state index in [2.05, 4.69) is 32.6 Å². The number of hydrogen-bond acceptors (Lipinski definition) is 8. The average molecular weight is 436 g/mol. The zero-order valence-corrected chi connectivity index (χ0v) is 17.9. The molecule has 10 nitrogen and oxygen atoms in total. The molecule has 1 atom stereocenters. The van der Waals surface area contributed by atoms with E-state index >= 15 is 0 Å². The molecule has 3 N–H and O–H groups in total. The van der Waals surface area contributed by atoms with Gasteiger partial charge in [0.05, 0.1) is 24.7 Å². The molecule has 0 saturated heterocycles. The Morgan fingerprint density at radius 1 is 1.30 bits per heavy atom. The molecule has 1 unspecified atom stereocenters. The zero-order chi connectivity index (χ0) is 21.9. The summed E-state index contributed by atoms with van der Waals surface area (Å²) in [5, 5.41) is 9.03. The number of nitrogens with one attached hydrogen (secondary N) is 3. The lowest BCUT2D eigenvalue weighted by atomic mass is 10.2. The molecule has 11 heteroatoms. The molecule has 1 heterocycles. The third kappa shape index (κ3) is 7.07. The Labute approximate surface area is 177 Å². The SMILES string of the molecule is CCCCOc1ccc(/C=N/NC(=O)C(C)Sc2n[nH]c(=O)[nH]c2=O)cc1OCC. The van der Waals surface area contributed by atoms with Crippen molar-refractivity contribution in [1.82, 2.24) is 20.6 Å². The first kappa shape index (κ1) is 23.2. The van der Waals surface area contributed by atoms with Gasteiger partial charge in [0.2, 0.25) is 0 Å². The van der Waals surface area contributed by atoms with Crippen LogP contribution in [0, 0.1) is 0 Å². The normalized spacial score (nSPS) is 12.0. The highest BCUT2D eigenvalue weighted by Gasteiger charge is 2.17. The van der Waals surface area contributed by atoms with E-state index in [1.807, 2.05) is 6.92 Å². The van der Waals surface area contributed by atoms with E-state index in [9.17, 15) is 14.4 Å². The second-order valence-corrected chi connectivity index (χ2v) is 7.48. The third-order valence-electron chi connectivity index (χ3n) is 3.75. The molecule has 0 fully saturated rings. The summed E-state index contributed by atoms with van der Waals surface area (Å²) in [5.74, 6) is 0.847. The van der Waals surface area contributed by atoms with E-state index in [-0.39, 0.29) is 5.03 Å². The van der Waals surface area contributed by atoms with Gasteiger partial charge in [0.1, 0.15) is 0 Å². The van der Waals surface area contributed by atoms with Crippen LogP contribution in [-0.2, 0) is 4.79 Å². The number of amides is 1. The van der Waals surface area contributed by atoms with Gasteiger partial charge in [0.25, 0.3) is 11.5 Å². The molecule has 2 aromatic rings. The fraction of sp³-hybridized carbons (Fsp3) is 0.421. The number of ether oxygens (including phenoxy) is 2. The summed E-state index contributed by atoms with van der Waals surface area (Å²) in [6.07, 6.45) is 3.48. The molecule has 0 aliphatic heterocycles. The van der Waals surface area contributed by atoms with Gasteiger partial charge in [0.15, 0.2) is 16.5 Å². The van der Waals surface area contributed by atoms with Gasteiger partial charge in [-0.05, 0) is 44.0 Å². The van der Waals surface area contributed by atoms with Gasteiger partial charge >= 0.3 is 5.69 Å². The van der Waals surface area contributed by atoms with Crippen LogP contribution in [0.3, 0.4) is 0 Å². The van der Waals surface area contributed by atoms with Gasteiger partial charge in [-0.3, -0.25) is 14.6 Å². The second-order valence-electron chi connectivity index (χ2n) is 6.15. The molecule has 162 valence electrons. The van der Waals surface area contributed by atoms with E-state index in [0.29, 0.717) is 24.7 Å². The first-order chi connectivity index (χ1) is 14.4. The number of thioether (sulfide) groups is 1. The molecule has 1 amide bonds. The van der Waals surface area contributed by atoms with Crippen LogP contribution in [0.1, 0.15) is 39.2 Å². The van der Waals surface area contributed by atoms with Crippen molar-refractivity contribution in [2.75, 3.05) is 13.2 Å². The minimum absolute atomic E-state index is 0.0127. The smallest absolute Gasteiger partial charge is 0.342 e. The molecule has 0 saturated carbocycles. The van der Waals surface area contributed by atoms with Crippen LogP contribution in [0.15, 0.2) is 37.9 Å². The highest BCUT2D eigenvalue weighted by molar-refractivity contribution is 8.00. The predicted octanol–water partition coefficient (Wildman–Crippen LogP) is 1.67. The van der Waals surface area contributed by atoms with Crippen LogP contribution in [-0.4, -0.2) is 45.8 Å². The number of benzene rings is 1. The Morgan fingerprint density at radius 2 is 2.10 bits per heavy atom. The third-order valence-corrected chi connectivity index (χ3v) is 4.82. The van der Waals surface area contributed by atoms with E-state index in [4.69, 9.17) is 9.47 Å². The number of aromatic amines is 2. The first-order valence-corrected chi connectivity index (χ1v) is 10.4. The van der Waals surface area contributed by atoms with Crippen LogP contribution in [0.4, 0.5) is 0 Å². The van der Waals surface area contributed by atoms with Gasteiger partial charge < -0.3 is 9.47 Å². The Hall–Kier alpha value is -3.08. The number of hydrogen-bond donors (Lipinski definition) is 3. The summed E-state index contributed by atoms with van der Waals surface area (Å²) < 4.78 is 11.4. The maximum atomic E-state index is 12.2. The molecule has 0 bridgehead atoms. The highest BCUT2D eigenvalue weighted by Crippen LogP contribution is 2.28. The van der Waals surface area contributed by atoms with Crippen molar-refractivity contribution in [3.8, 4) is 11.5 Å². The molecular weight excluding hydrogens is 410 g/mol. The fourth-order valence-corrected chi connectivity index (χ4v) is 2.97. The number of unbranched alkanes of at least 4 members (excludes halogenated alkanes) is 1. The number of H-pyrrole nitrogens is 2. The van der Waals surface area contributed by atoms with Crippen molar-refractivity contribution in [1.29, 1.82) is 0 Å². The maximum Gasteiger partial charge on any atom is 0.342 e. The lowest BCUT2D eigenvalue weighted by Gasteiger charge is -2.12. The van der Waals surface area contributed by atoms with E-state index in [1.165, 1.54) is 6.21 Å². The minimum Gasteiger partial charge on any atom is -0.490 e. The number of aromatic nitrogens is 3. The highest BCUT2D eigenvalue weighted by atomic mass is 32.2. The summed E-state index contributed by atoms with van der Waals surface area (Å²) in [4.78, 5) is 36.9. The van der Waals surface area contributed by atoms with Crippen LogP contribution < -0.4 is 26.1 Å². The van der Waals surface area contributed by atoms with E-state index in [1.54, 1.807) is 25.1 Å². The van der Waals surface area contributed by atoms with Crippen molar-refractivity contribution in [3.05, 3.63) is 44.6 Å². The lowest BCUT2D eigenvalue weighted by molar-refractivity contribution is -0.120. The molecular formula is C19H25N5O5S. The maximum absolute atomic E-state index is 12.2. The molecule has 0 spiro atoms. The molecule has 1 aromatic heterocycles. The van der Waals surface area contributed by atoms with Crippen molar-refractivity contribution < 1.29 is 14.3 Å². The summed E-state index contributed by atoms with van der Waals surface area (Å²) in [7, 11) is 0. The summed E-state index contributed by atoms with van der Waals surface area (Å²) in [6, 6.07) is 5.39. The predicted molar refractivity (Wildman–Crippen MR) is 115 cm³/mol. The lowest BCUT2D eigenvalue weighted by Crippen LogP contribution is -2.30. The number of carbonyl (C=O) groups is 1. The van der Waals surface area contributed by atoms with Crippen molar-refractivity contribution in [2.24, 2.45) is 5.10 Å². The van der Waals surface area contributed by atoms with Crippen LogP contribution in [0.25, 0.3) is 0 Å². The number of carbonyl (C=O) groups excluding carboxylic acids is 1. The average Bonchev–Trinajstić information content (AvgIpc) is 2.71. The molecule has 2 rings (SSSR count). The number of nitrogens with zero attached hydrogens (tertiary/aromatic N) is 2. The first-order valence-electron chi connectivity index (χ1n) is 9.52. The molecule has 1 aromatic carbocycles. The van der Waals surface area contributed by atoms with Gasteiger partial charge in [-0.1, -0.05) is 25.1 Å². The Morgan fingerprint density at radius 3 is 2.80 bits per heavy atom. The molecule has 0 aliphatic rings. The number of rotatable bonds is 11. The van der Waals surface area contributed by atoms with E-state index < -0.39 is 22.4 Å². The van der Waals surface area contributed by atoms with Gasteiger partial charge in [0, 0.05) is 0 Å². The standard InChI is InChI=1S/C19H25N5O5S/c1-4-6-9-29-14-8-7-13(10-15(14)28-5-2)11-20-22-16(25)12(3)30-18-17(26)21-19(27)24-23-18/h7-8,10-12H,4-6,9H2,1-3H3,(H,22,25)(H2,21,24,26,27)/b20-11+. The summed E-state index contributed by atoms with van der Waals surface area (Å²) >= 11 is 0.906. The van der Waals surface area contributed by atoms with Gasteiger partial charge in [-0.25, -0.2) is 15.3 Å². The summed E-state index contributed by atoms with van der Waals surface area (Å²) in [6.45, 7) is 6.68. The molecule has 30 heavy (non-hydrogen) atoms.